The summed E-state index contributed by atoms with van der Waals surface area (Å²) in [6, 6.07) is 1.72. The largest absolute Gasteiger partial charge is 0.510 e. The van der Waals surface area contributed by atoms with Gasteiger partial charge < -0.3 is 25.3 Å². The van der Waals surface area contributed by atoms with E-state index in [0.29, 0.717) is 17.2 Å². The van der Waals surface area contributed by atoms with Gasteiger partial charge in [-0.05, 0) is 58.6 Å². The molecule has 1 amide bonds. The maximum atomic E-state index is 14.5. The van der Waals surface area contributed by atoms with E-state index in [2.05, 4.69) is 25.4 Å². The quantitative estimate of drug-likeness (QED) is 0.177. The van der Waals surface area contributed by atoms with Crippen molar-refractivity contribution in [2.45, 2.75) is 71.4 Å². The predicted octanol–water partition coefficient (Wildman–Crippen LogP) is 4.67. The van der Waals surface area contributed by atoms with Crippen molar-refractivity contribution in [2.75, 3.05) is 6.61 Å². The van der Waals surface area contributed by atoms with Gasteiger partial charge in [-0.2, -0.15) is 9.49 Å². The highest BCUT2D eigenvalue weighted by molar-refractivity contribution is 7.13. The third kappa shape index (κ3) is 8.88. The summed E-state index contributed by atoms with van der Waals surface area (Å²) in [5, 5.41) is 8.76. The molecule has 3 aromatic rings. The van der Waals surface area contributed by atoms with Crippen molar-refractivity contribution in [3.05, 3.63) is 58.8 Å². The minimum atomic E-state index is -0.928. The minimum Gasteiger partial charge on any atom is -0.432 e. The van der Waals surface area contributed by atoms with Gasteiger partial charge in [0.2, 0.25) is 5.95 Å². The lowest BCUT2D eigenvalue weighted by Gasteiger charge is -2.26. The van der Waals surface area contributed by atoms with Crippen LogP contribution < -0.4 is 11.1 Å². The SMILES string of the molecule is CCOC1CCC(N=C/C(NC(=O)c2csc(-c3cnn(COC(=O)OC(C)C)c3)n2)=C(\N)c2nc(F)ccc2F)CC1. The Bertz CT molecular complexity index is 1480. The number of carbonyl (C=O) groups excluding carboxylic acids is 2. The molecule has 0 atom stereocenters. The van der Waals surface area contributed by atoms with E-state index in [4.69, 9.17) is 19.9 Å². The molecule has 15 heteroatoms. The highest BCUT2D eigenvalue weighted by atomic mass is 32.1. The molecule has 0 saturated heterocycles. The number of nitrogens with zero attached hydrogens (tertiary/aromatic N) is 5. The summed E-state index contributed by atoms with van der Waals surface area (Å²) in [4.78, 5) is 37.3. The number of carbonyl (C=O) groups is 2. The summed E-state index contributed by atoms with van der Waals surface area (Å²) < 4.78 is 45.4. The number of hydrogen-bond donors (Lipinski definition) is 2. The van der Waals surface area contributed by atoms with Crippen LogP contribution in [0.1, 0.15) is 62.6 Å². The van der Waals surface area contributed by atoms with Crippen molar-refractivity contribution in [3.63, 3.8) is 0 Å². The number of hydrogen-bond acceptors (Lipinski definition) is 11. The number of halogens is 2. The molecule has 0 bridgehead atoms. The number of amides is 1. The monoisotopic (exact) mass is 617 g/mol. The van der Waals surface area contributed by atoms with E-state index in [-0.39, 0.29) is 42.1 Å². The van der Waals surface area contributed by atoms with Gasteiger partial charge in [-0.1, -0.05) is 0 Å². The molecule has 4 rings (SSSR count). The fraction of sp³-hybridized carbons (Fsp3) is 0.429. The Morgan fingerprint density at radius 2 is 2.00 bits per heavy atom. The fourth-order valence-corrected chi connectivity index (χ4v) is 5.04. The molecule has 1 fully saturated rings. The van der Waals surface area contributed by atoms with Crippen LogP contribution in [0.15, 0.2) is 40.6 Å². The fourth-order valence-electron chi connectivity index (χ4n) is 4.27. The van der Waals surface area contributed by atoms with Crippen molar-refractivity contribution in [2.24, 2.45) is 10.7 Å². The van der Waals surface area contributed by atoms with Crippen molar-refractivity contribution >= 4 is 35.3 Å². The molecule has 1 saturated carbocycles. The summed E-state index contributed by atoms with van der Waals surface area (Å²) in [7, 11) is 0. The Kier molecular flexibility index (Phi) is 10.9. The molecule has 3 heterocycles. The smallest absolute Gasteiger partial charge is 0.432 e. The van der Waals surface area contributed by atoms with E-state index in [1.54, 1.807) is 20.0 Å². The van der Waals surface area contributed by atoms with Crippen LogP contribution in [0.2, 0.25) is 0 Å². The molecule has 43 heavy (non-hydrogen) atoms. The molecule has 3 aromatic heterocycles. The summed E-state index contributed by atoms with van der Waals surface area (Å²) in [5.41, 5.74) is 6.05. The van der Waals surface area contributed by atoms with E-state index in [1.807, 2.05) is 6.92 Å². The zero-order valence-electron chi connectivity index (χ0n) is 24.0. The third-order valence-electron chi connectivity index (χ3n) is 6.33. The van der Waals surface area contributed by atoms with Crippen molar-refractivity contribution in [1.82, 2.24) is 25.1 Å². The minimum absolute atomic E-state index is 0.0401. The molecule has 0 unspecified atom stereocenters. The first-order valence-electron chi connectivity index (χ1n) is 13.7. The molecule has 1 aliphatic rings. The lowest BCUT2D eigenvalue weighted by Crippen LogP contribution is -2.28. The Hall–Kier alpha value is -4.24. The number of ether oxygens (including phenoxy) is 3. The van der Waals surface area contributed by atoms with Crippen LogP contribution in [-0.2, 0) is 20.9 Å². The predicted molar refractivity (Wildman–Crippen MR) is 155 cm³/mol. The van der Waals surface area contributed by atoms with Gasteiger partial charge in [-0.25, -0.2) is 23.8 Å². The topological polar surface area (TPSA) is 156 Å². The maximum Gasteiger partial charge on any atom is 0.510 e. The molecule has 1 aliphatic carbocycles. The summed E-state index contributed by atoms with van der Waals surface area (Å²) in [6.07, 6.45) is 6.70. The number of aromatic nitrogens is 4. The Morgan fingerprint density at radius 1 is 1.23 bits per heavy atom. The number of allylic oxidation sites excluding steroid dienone is 1. The second-order valence-electron chi connectivity index (χ2n) is 9.91. The number of thiazole rings is 1. The van der Waals surface area contributed by atoms with Crippen molar-refractivity contribution in [1.29, 1.82) is 0 Å². The number of nitrogens with two attached hydrogens (primary N) is 1. The van der Waals surface area contributed by atoms with E-state index in [1.165, 1.54) is 33.8 Å². The van der Waals surface area contributed by atoms with Gasteiger partial charge in [0.1, 0.15) is 16.4 Å². The first-order valence-corrected chi connectivity index (χ1v) is 14.6. The van der Waals surface area contributed by atoms with E-state index < -0.39 is 29.5 Å². The van der Waals surface area contributed by atoms with Crippen LogP contribution in [0.25, 0.3) is 16.3 Å². The molecule has 0 spiro atoms. The third-order valence-corrected chi connectivity index (χ3v) is 7.22. The number of rotatable bonds is 11. The molecule has 230 valence electrons. The maximum absolute atomic E-state index is 14.5. The highest BCUT2D eigenvalue weighted by Crippen LogP contribution is 2.25. The average Bonchev–Trinajstić information content (AvgIpc) is 3.66. The zero-order valence-corrected chi connectivity index (χ0v) is 24.8. The van der Waals surface area contributed by atoms with Crippen LogP contribution >= 0.6 is 11.3 Å². The van der Waals surface area contributed by atoms with E-state index in [0.717, 1.165) is 37.8 Å². The van der Waals surface area contributed by atoms with Crippen molar-refractivity contribution in [3.8, 4) is 10.6 Å². The number of aliphatic imine (C=N–C) groups is 1. The Balaban J connectivity index is 1.49. The van der Waals surface area contributed by atoms with Gasteiger partial charge in [0.05, 0.1) is 35.8 Å². The first kappa shape index (κ1) is 31.7. The van der Waals surface area contributed by atoms with Crippen LogP contribution in [0.3, 0.4) is 0 Å². The second kappa shape index (κ2) is 14.8. The van der Waals surface area contributed by atoms with Gasteiger partial charge in [-0.3, -0.25) is 9.79 Å². The van der Waals surface area contributed by atoms with Crippen molar-refractivity contribution < 1.29 is 32.6 Å². The van der Waals surface area contributed by atoms with Gasteiger partial charge in [0.15, 0.2) is 12.5 Å². The molecule has 12 nitrogen and oxygen atoms in total. The molecule has 0 radical (unpaired) electrons. The van der Waals surface area contributed by atoms with Gasteiger partial charge in [0, 0.05) is 30.0 Å². The molecule has 0 aromatic carbocycles. The van der Waals surface area contributed by atoms with Gasteiger partial charge in [0.25, 0.3) is 5.91 Å². The molecule has 3 N–H and O–H groups in total. The normalized spacial score (nSPS) is 17.6. The number of pyridine rings is 1. The first-order chi connectivity index (χ1) is 20.6. The Morgan fingerprint density at radius 3 is 2.72 bits per heavy atom. The average molecular weight is 618 g/mol. The van der Waals surface area contributed by atoms with Gasteiger partial charge in [-0.15, -0.1) is 11.3 Å². The van der Waals surface area contributed by atoms with Crippen LogP contribution in [0.4, 0.5) is 13.6 Å². The van der Waals surface area contributed by atoms with E-state index in [9.17, 15) is 18.4 Å². The standard InChI is InChI=1S/C28H33F2N7O5S/c1-4-40-19-7-5-18(6-8-19)32-12-21(24(31)25-20(29)9-10-23(30)36-25)34-26(38)22-14-43-27(35-22)17-11-33-37(13-17)15-41-28(39)42-16(2)3/h9-14,16,18-19H,4-8,15,31H2,1-3H3,(H,34,38)/b24-21+,32-12?. The molecular weight excluding hydrogens is 584 g/mol. The summed E-state index contributed by atoms with van der Waals surface area (Å²) in [6.45, 7) is 5.83. The van der Waals surface area contributed by atoms with Gasteiger partial charge >= 0.3 is 6.16 Å². The summed E-state index contributed by atoms with van der Waals surface area (Å²) >= 11 is 1.18. The number of nitrogens with one attached hydrogen (secondary N) is 1. The van der Waals surface area contributed by atoms with Crippen LogP contribution in [0, 0.1) is 11.8 Å². The molecule has 0 aliphatic heterocycles. The molecular formula is C28H33F2N7O5S. The van der Waals surface area contributed by atoms with E-state index >= 15 is 0 Å². The Labute approximate surface area is 251 Å². The lowest BCUT2D eigenvalue weighted by atomic mass is 9.93. The highest BCUT2D eigenvalue weighted by Gasteiger charge is 2.22. The van der Waals surface area contributed by atoms with Crippen LogP contribution in [-0.4, -0.2) is 62.9 Å². The lowest BCUT2D eigenvalue weighted by molar-refractivity contribution is 0.0132. The zero-order chi connectivity index (χ0) is 30.9. The van der Waals surface area contributed by atoms with Crippen LogP contribution in [0.5, 0.6) is 0 Å². The summed E-state index contributed by atoms with van der Waals surface area (Å²) in [5.74, 6) is -2.43. The second-order valence-corrected chi connectivity index (χ2v) is 10.8.